The smallest absolute Gasteiger partial charge is 0.119 e. The third-order valence-corrected chi connectivity index (χ3v) is 3.37. The Morgan fingerprint density at radius 1 is 1.44 bits per heavy atom. The van der Waals surface area contributed by atoms with Crippen LogP contribution in [0.5, 0.6) is 5.75 Å². The zero-order valence-electron chi connectivity index (χ0n) is 9.59. The molecule has 1 aromatic carbocycles. The van der Waals surface area contributed by atoms with E-state index >= 15 is 0 Å². The van der Waals surface area contributed by atoms with Gasteiger partial charge in [0.1, 0.15) is 12.4 Å². The molecule has 0 amide bonds. The average Bonchev–Trinajstić information content (AvgIpc) is 2.27. The fraction of sp³-hybridized carbons (Fsp3) is 0.500. The first-order valence-electron chi connectivity index (χ1n) is 5.20. The number of nitrogens with two attached hydrogens (primary N) is 1. The molecular weight excluding hydrogens is 289 g/mol. The van der Waals surface area contributed by atoms with Crippen molar-refractivity contribution in [3.05, 3.63) is 28.2 Å². The van der Waals surface area contributed by atoms with Crippen LogP contribution in [0.3, 0.4) is 0 Å². The summed E-state index contributed by atoms with van der Waals surface area (Å²) >= 11 is 9.12. The van der Waals surface area contributed by atoms with E-state index in [1.165, 1.54) is 0 Å². The number of benzene rings is 1. The Hall–Kier alpha value is -0.250. The van der Waals surface area contributed by atoms with Gasteiger partial charge in [-0.3, -0.25) is 0 Å². The quantitative estimate of drug-likeness (QED) is 0.847. The van der Waals surface area contributed by atoms with Gasteiger partial charge in [-0.2, -0.15) is 0 Å². The van der Waals surface area contributed by atoms with Crippen molar-refractivity contribution in [2.45, 2.75) is 19.3 Å². The van der Waals surface area contributed by atoms with E-state index in [1.54, 1.807) is 0 Å². The van der Waals surface area contributed by atoms with Crippen LogP contribution in [0.15, 0.2) is 22.7 Å². The number of ether oxygens (including phenoxy) is 1. The predicted molar refractivity (Wildman–Crippen MR) is 72.4 cm³/mol. The molecule has 16 heavy (non-hydrogen) atoms. The van der Waals surface area contributed by atoms with E-state index in [0.29, 0.717) is 19.0 Å². The number of hydrogen-bond donors (Lipinski definition) is 1. The van der Waals surface area contributed by atoms with E-state index in [2.05, 4.69) is 29.8 Å². The van der Waals surface area contributed by atoms with Gasteiger partial charge in [0.2, 0.25) is 0 Å². The maximum atomic E-state index is 5.77. The minimum Gasteiger partial charge on any atom is -0.492 e. The lowest BCUT2D eigenvalue weighted by atomic mass is 9.85. The molecule has 0 aromatic heterocycles. The molecule has 0 aliphatic rings. The molecule has 2 nitrogen and oxygen atoms in total. The van der Waals surface area contributed by atoms with Crippen LogP contribution in [0.4, 0.5) is 0 Å². The molecular formula is C12H17BrClNO. The fourth-order valence-electron chi connectivity index (χ4n) is 1.38. The molecule has 1 aromatic rings. The first kappa shape index (κ1) is 13.8. The van der Waals surface area contributed by atoms with E-state index < -0.39 is 0 Å². The molecule has 0 aliphatic heterocycles. The third-order valence-electron chi connectivity index (χ3n) is 2.52. The first-order chi connectivity index (χ1) is 7.51. The maximum absolute atomic E-state index is 5.77. The lowest BCUT2D eigenvalue weighted by Gasteiger charge is -2.25. The van der Waals surface area contributed by atoms with Gasteiger partial charge in [0.05, 0.1) is 5.88 Å². The number of rotatable bonds is 5. The number of halogens is 2. The van der Waals surface area contributed by atoms with E-state index in [0.717, 1.165) is 15.8 Å². The highest BCUT2D eigenvalue weighted by atomic mass is 79.9. The highest BCUT2D eigenvalue weighted by Gasteiger charge is 2.21. The Labute approximate surface area is 110 Å². The van der Waals surface area contributed by atoms with Gasteiger partial charge in [-0.25, -0.2) is 0 Å². The molecule has 90 valence electrons. The van der Waals surface area contributed by atoms with Crippen LogP contribution in [-0.2, 0) is 5.41 Å². The van der Waals surface area contributed by atoms with Gasteiger partial charge in [0.15, 0.2) is 0 Å². The summed E-state index contributed by atoms with van der Waals surface area (Å²) in [7, 11) is 0. The van der Waals surface area contributed by atoms with Crippen molar-refractivity contribution in [1.82, 2.24) is 0 Å². The van der Waals surface area contributed by atoms with Crippen LogP contribution in [0, 0.1) is 0 Å². The van der Waals surface area contributed by atoms with Crippen molar-refractivity contribution >= 4 is 27.5 Å². The first-order valence-corrected chi connectivity index (χ1v) is 6.53. The highest BCUT2D eigenvalue weighted by molar-refractivity contribution is 9.10. The summed E-state index contributed by atoms with van der Waals surface area (Å²) in [6.07, 6.45) is 0. The minimum absolute atomic E-state index is 0.0703. The summed E-state index contributed by atoms with van der Waals surface area (Å²) in [4.78, 5) is 0. The second-order valence-corrected chi connectivity index (χ2v) is 5.50. The van der Waals surface area contributed by atoms with Crippen molar-refractivity contribution in [2.75, 3.05) is 19.0 Å². The zero-order chi connectivity index (χ0) is 12.2. The highest BCUT2D eigenvalue weighted by Crippen LogP contribution is 2.32. The van der Waals surface area contributed by atoms with Crippen LogP contribution >= 0.6 is 27.5 Å². The zero-order valence-corrected chi connectivity index (χ0v) is 11.9. The largest absolute Gasteiger partial charge is 0.492 e. The summed E-state index contributed by atoms with van der Waals surface area (Å²) in [6, 6.07) is 5.92. The summed E-state index contributed by atoms with van der Waals surface area (Å²) in [5.74, 6) is 1.33. The van der Waals surface area contributed by atoms with Crippen LogP contribution in [0.2, 0.25) is 0 Å². The van der Waals surface area contributed by atoms with Crippen molar-refractivity contribution in [2.24, 2.45) is 5.73 Å². The lowest BCUT2D eigenvalue weighted by molar-refractivity contribution is 0.341. The van der Waals surface area contributed by atoms with Crippen molar-refractivity contribution in [3.63, 3.8) is 0 Å². The van der Waals surface area contributed by atoms with Gasteiger partial charge in [-0.05, 0) is 23.8 Å². The van der Waals surface area contributed by atoms with E-state index in [-0.39, 0.29) is 5.41 Å². The van der Waals surface area contributed by atoms with E-state index in [4.69, 9.17) is 22.1 Å². The summed E-state index contributed by atoms with van der Waals surface area (Å²) in [6.45, 7) is 5.33. The Bertz CT molecular complexity index is 355. The Balaban J connectivity index is 2.99. The van der Waals surface area contributed by atoms with E-state index in [1.807, 2.05) is 18.2 Å². The van der Waals surface area contributed by atoms with Crippen molar-refractivity contribution < 1.29 is 4.74 Å². The Morgan fingerprint density at radius 3 is 2.69 bits per heavy atom. The van der Waals surface area contributed by atoms with Crippen LogP contribution in [0.1, 0.15) is 19.4 Å². The normalized spacial score (nSPS) is 11.6. The topological polar surface area (TPSA) is 35.2 Å². The van der Waals surface area contributed by atoms with Crippen molar-refractivity contribution in [1.29, 1.82) is 0 Å². The molecule has 2 N–H and O–H groups in total. The summed E-state index contributed by atoms with van der Waals surface area (Å²) < 4.78 is 6.55. The van der Waals surface area contributed by atoms with Gasteiger partial charge >= 0.3 is 0 Å². The molecule has 0 spiro atoms. The van der Waals surface area contributed by atoms with Crippen molar-refractivity contribution in [3.8, 4) is 5.75 Å². The number of alkyl halides is 1. The number of hydrogen-bond acceptors (Lipinski definition) is 2. The monoisotopic (exact) mass is 305 g/mol. The molecule has 0 saturated carbocycles. The van der Waals surface area contributed by atoms with Gasteiger partial charge in [-0.15, -0.1) is 11.6 Å². The standard InChI is InChI=1S/C12H17BrClNO/c1-12(2,8-15)10-7-9(16-6-5-14)3-4-11(10)13/h3-4,7H,5-6,8,15H2,1-2H3. The molecule has 0 radical (unpaired) electrons. The van der Waals surface area contributed by atoms with Gasteiger partial charge in [-0.1, -0.05) is 29.8 Å². The Kier molecular flexibility index (Phi) is 5.09. The lowest BCUT2D eigenvalue weighted by Crippen LogP contribution is -2.28. The molecule has 0 fully saturated rings. The van der Waals surface area contributed by atoms with Crippen LogP contribution in [0.25, 0.3) is 0 Å². The maximum Gasteiger partial charge on any atom is 0.119 e. The molecule has 1 rings (SSSR count). The molecule has 0 aliphatic carbocycles. The second kappa shape index (κ2) is 5.89. The molecule has 0 saturated heterocycles. The van der Waals surface area contributed by atoms with E-state index in [9.17, 15) is 0 Å². The van der Waals surface area contributed by atoms with Crippen LogP contribution < -0.4 is 10.5 Å². The minimum atomic E-state index is -0.0703. The predicted octanol–water partition coefficient (Wildman–Crippen LogP) is 3.30. The molecule has 0 bridgehead atoms. The molecule has 0 unspecified atom stereocenters. The molecule has 0 atom stereocenters. The molecule has 4 heteroatoms. The second-order valence-electron chi connectivity index (χ2n) is 4.27. The molecule has 0 heterocycles. The summed E-state index contributed by atoms with van der Waals surface area (Å²) in [5, 5.41) is 0. The third kappa shape index (κ3) is 3.37. The van der Waals surface area contributed by atoms with Gasteiger partial charge < -0.3 is 10.5 Å². The SMILES string of the molecule is CC(C)(CN)c1cc(OCCCl)ccc1Br. The van der Waals surface area contributed by atoms with Gasteiger partial charge in [0.25, 0.3) is 0 Å². The summed E-state index contributed by atoms with van der Waals surface area (Å²) in [5.41, 5.74) is 6.86. The fourth-order valence-corrected chi connectivity index (χ4v) is 2.24. The van der Waals surface area contributed by atoms with Gasteiger partial charge in [0, 0.05) is 16.4 Å². The Morgan fingerprint density at radius 2 is 2.12 bits per heavy atom. The average molecular weight is 307 g/mol. The van der Waals surface area contributed by atoms with Crippen LogP contribution in [-0.4, -0.2) is 19.0 Å².